The standard InChI is InChI=1S/C21H18N4.2Li/c1-21(2,19-13-15-24(22-19)17-9-5-3-6-10-17)20-14-16-25(23-20)18-11-7-4-8-12-18;;/h3-9,11,13-16H,1-2H3;;/q-2;2*+1. The summed E-state index contributed by atoms with van der Waals surface area (Å²) in [5.74, 6) is 0. The van der Waals surface area contributed by atoms with Crippen molar-refractivity contribution in [3.8, 4) is 11.4 Å². The second kappa shape index (κ2) is 8.83. The fourth-order valence-corrected chi connectivity index (χ4v) is 2.77. The monoisotopic (exact) mass is 340 g/mol. The maximum Gasteiger partial charge on any atom is 1.00 e. The summed E-state index contributed by atoms with van der Waals surface area (Å²) in [5.41, 5.74) is 3.47. The Morgan fingerprint density at radius 2 is 1.15 bits per heavy atom. The van der Waals surface area contributed by atoms with Gasteiger partial charge in [0.2, 0.25) is 0 Å². The SMILES string of the molecule is CC(C)(c1ccn(-c2[c-]cccc2)n1)c1ccn(-c2[c-]cccc2)n1.[Li+].[Li+]. The van der Waals surface area contributed by atoms with Crippen LogP contribution in [0.3, 0.4) is 0 Å². The van der Waals surface area contributed by atoms with Gasteiger partial charge in [-0.05, 0) is 37.4 Å². The van der Waals surface area contributed by atoms with E-state index in [1.807, 2.05) is 82.4 Å². The second-order valence-corrected chi connectivity index (χ2v) is 6.41. The van der Waals surface area contributed by atoms with Crippen molar-refractivity contribution in [3.63, 3.8) is 0 Å². The van der Waals surface area contributed by atoms with E-state index in [1.165, 1.54) is 0 Å². The van der Waals surface area contributed by atoms with E-state index in [0.29, 0.717) is 0 Å². The van der Waals surface area contributed by atoms with Crippen LogP contribution in [-0.2, 0) is 5.41 Å². The normalized spacial score (nSPS) is 10.7. The van der Waals surface area contributed by atoms with Crippen LogP contribution in [0.25, 0.3) is 11.4 Å². The van der Waals surface area contributed by atoms with E-state index in [2.05, 4.69) is 26.0 Å². The first-order chi connectivity index (χ1) is 12.1. The van der Waals surface area contributed by atoms with Gasteiger partial charge < -0.3 is 0 Å². The van der Waals surface area contributed by atoms with Crippen molar-refractivity contribution in [2.24, 2.45) is 0 Å². The first-order valence-corrected chi connectivity index (χ1v) is 8.21. The van der Waals surface area contributed by atoms with Crippen LogP contribution in [0.1, 0.15) is 25.2 Å². The molecule has 0 saturated heterocycles. The molecule has 0 N–H and O–H groups in total. The van der Waals surface area contributed by atoms with Crippen molar-refractivity contribution >= 4 is 0 Å². The van der Waals surface area contributed by atoms with E-state index in [9.17, 15) is 0 Å². The molecule has 0 aliphatic rings. The Hall–Kier alpha value is -1.95. The molecule has 0 saturated carbocycles. The van der Waals surface area contributed by atoms with E-state index < -0.39 is 0 Å². The largest absolute Gasteiger partial charge is 1.00 e. The summed E-state index contributed by atoms with van der Waals surface area (Å²) in [4.78, 5) is 0. The molecule has 124 valence electrons. The van der Waals surface area contributed by atoms with Gasteiger partial charge in [0.1, 0.15) is 0 Å². The van der Waals surface area contributed by atoms with E-state index in [1.54, 1.807) is 0 Å². The Morgan fingerprint density at radius 1 is 0.704 bits per heavy atom. The van der Waals surface area contributed by atoms with Crippen molar-refractivity contribution in [1.29, 1.82) is 0 Å². The average molecular weight is 340 g/mol. The smallest absolute Gasteiger partial charge is 0.265 e. The van der Waals surface area contributed by atoms with Crippen molar-refractivity contribution in [2.45, 2.75) is 19.3 Å². The molecule has 0 aliphatic carbocycles. The Morgan fingerprint density at radius 3 is 1.52 bits per heavy atom. The number of para-hydroxylation sites is 2. The third-order valence-electron chi connectivity index (χ3n) is 4.34. The van der Waals surface area contributed by atoms with Crippen molar-refractivity contribution in [2.75, 3.05) is 0 Å². The third kappa shape index (κ3) is 4.32. The summed E-state index contributed by atoms with van der Waals surface area (Å²) in [6.45, 7) is 4.27. The number of hydrogen-bond acceptors (Lipinski definition) is 2. The summed E-state index contributed by atoms with van der Waals surface area (Å²) in [5, 5.41) is 9.48. The first-order valence-electron chi connectivity index (χ1n) is 8.21. The Bertz CT molecular complexity index is 896. The molecule has 4 rings (SSSR count). The molecule has 2 heterocycles. The van der Waals surface area contributed by atoms with Crippen LogP contribution < -0.4 is 37.7 Å². The molecule has 6 heteroatoms. The zero-order valence-electron chi connectivity index (χ0n) is 16.2. The predicted octanol–water partition coefficient (Wildman–Crippen LogP) is -2.01. The number of benzene rings is 2. The molecule has 4 aromatic rings. The van der Waals surface area contributed by atoms with Gasteiger partial charge in [-0.2, -0.15) is 58.7 Å². The molecule has 0 fully saturated rings. The average Bonchev–Trinajstić information content (AvgIpc) is 3.34. The van der Waals surface area contributed by atoms with Crippen molar-refractivity contribution < 1.29 is 37.7 Å². The number of nitrogens with zero attached hydrogens (tertiary/aromatic N) is 4. The van der Waals surface area contributed by atoms with E-state index in [4.69, 9.17) is 10.2 Å². The first kappa shape index (κ1) is 21.4. The summed E-state index contributed by atoms with van der Waals surface area (Å²) in [6, 6.07) is 26.1. The molecule has 4 nitrogen and oxygen atoms in total. The van der Waals surface area contributed by atoms with Crippen molar-refractivity contribution in [1.82, 2.24) is 19.6 Å². The van der Waals surface area contributed by atoms with Crippen LogP contribution in [0.5, 0.6) is 0 Å². The molecule has 27 heavy (non-hydrogen) atoms. The van der Waals surface area contributed by atoms with Gasteiger partial charge in [0.25, 0.3) is 0 Å². The molecule has 0 radical (unpaired) electrons. The topological polar surface area (TPSA) is 35.6 Å². The number of rotatable bonds is 4. The summed E-state index contributed by atoms with van der Waals surface area (Å²) >= 11 is 0. The zero-order valence-corrected chi connectivity index (χ0v) is 16.2. The van der Waals surface area contributed by atoms with Gasteiger partial charge in [-0.15, -0.1) is 12.1 Å². The van der Waals surface area contributed by atoms with E-state index in [-0.39, 0.29) is 43.1 Å². The molecule has 0 unspecified atom stereocenters. The van der Waals surface area contributed by atoms with Gasteiger partial charge in [-0.3, -0.25) is 9.36 Å². The minimum absolute atomic E-state index is 0. The van der Waals surface area contributed by atoms with E-state index >= 15 is 0 Å². The second-order valence-electron chi connectivity index (χ2n) is 6.41. The molecule has 0 aliphatic heterocycles. The summed E-state index contributed by atoms with van der Waals surface area (Å²) < 4.78 is 3.69. The minimum atomic E-state index is -0.305. The maximum absolute atomic E-state index is 4.74. The Kier molecular flexibility index (Phi) is 6.98. The molecule has 0 amide bonds. The fraction of sp³-hybridized carbons (Fsp3) is 0.143. The molecule has 0 atom stereocenters. The predicted molar refractivity (Wildman–Crippen MR) is 96.9 cm³/mol. The molecule has 0 spiro atoms. The third-order valence-corrected chi connectivity index (χ3v) is 4.34. The maximum atomic E-state index is 4.74. The number of aromatic nitrogens is 4. The van der Waals surface area contributed by atoms with Crippen LogP contribution >= 0.6 is 0 Å². The van der Waals surface area contributed by atoms with Gasteiger partial charge >= 0.3 is 37.7 Å². The van der Waals surface area contributed by atoms with Gasteiger partial charge in [-0.25, -0.2) is 0 Å². The molecule has 2 aromatic heterocycles. The minimum Gasteiger partial charge on any atom is -0.265 e. The quantitative estimate of drug-likeness (QED) is 0.318. The van der Waals surface area contributed by atoms with Crippen LogP contribution in [0.2, 0.25) is 0 Å². The Labute approximate surface area is 184 Å². The molecule has 2 aromatic carbocycles. The molecule has 0 bridgehead atoms. The van der Waals surface area contributed by atoms with E-state index in [0.717, 1.165) is 22.8 Å². The van der Waals surface area contributed by atoms with Crippen LogP contribution in [0.4, 0.5) is 0 Å². The van der Waals surface area contributed by atoms with Crippen LogP contribution in [0.15, 0.2) is 73.1 Å². The number of hydrogen-bond donors (Lipinski definition) is 0. The van der Waals surface area contributed by atoms with Crippen molar-refractivity contribution in [3.05, 3.63) is 96.6 Å². The fourth-order valence-electron chi connectivity index (χ4n) is 2.77. The van der Waals surface area contributed by atoms with Gasteiger partial charge in [0.05, 0.1) is 16.8 Å². The molecular formula is C21H18Li2N4. The van der Waals surface area contributed by atoms with Gasteiger partial charge in [-0.1, -0.05) is 0 Å². The molecular weight excluding hydrogens is 322 g/mol. The van der Waals surface area contributed by atoms with Crippen LogP contribution in [0, 0.1) is 12.1 Å². The zero-order chi connectivity index (χ0) is 17.3. The Balaban J connectivity index is 0.00000131. The van der Waals surface area contributed by atoms with Crippen LogP contribution in [-0.4, -0.2) is 19.6 Å². The van der Waals surface area contributed by atoms with Gasteiger partial charge in [0.15, 0.2) is 0 Å². The summed E-state index contributed by atoms with van der Waals surface area (Å²) in [6.07, 6.45) is 3.93. The summed E-state index contributed by atoms with van der Waals surface area (Å²) in [7, 11) is 0. The van der Waals surface area contributed by atoms with Gasteiger partial charge in [0, 0.05) is 12.4 Å².